The van der Waals surface area contributed by atoms with E-state index in [1.54, 1.807) is 6.07 Å². The second-order valence-electron chi connectivity index (χ2n) is 4.53. The first-order valence-corrected chi connectivity index (χ1v) is 8.60. The van der Waals surface area contributed by atoms with Crippen LogP contribution in [0.15, 0.2) is 34.1 Å². The Bertz CT molecular complexity index is 783. The van der Waals surface area contributed by atoms with Crippen molar-refractivity contribution < 1.29 is 8.42 Å². The molecule has 1 aliphatic heterocycles. The summed E-state index contributed by atoms with van der Waals surface area (Å²) in [7, 11) is -2.93. The lowest BCUT2D eigenvalue weighted by atomic mass is 10.3. The minimum Gasteiger partial charge on any atom is -0.318 e. The molecule has 0 amide bonds. The van der Waals surface area contributed by atoms with Gasteiger partial charge in [0.1, 0.15) is 0 Å². The van der Waals surface area contributed by atoms with Crippen molar-refractivity contribution in [3.8, 4) is 0 Å². The highest BCUT2D eigenvalue weighted by Crippen LogP contribution is 2.28. The highest BCUT2D eigenvalue weighted by Gasteiger charge is 2.29. The van der Waals surface area contributed by atoms with Gasteiger partial charge in [-0.2, -0.15) is 0 Å². The molecule has 1 saturated heterocycles. The highest BCUT2D eigenvalue weighted by molar-refractivity contribution is 8.01. The normalized spacial score (nSPS) is 21.8. The third-order valence-corrected chi connectivity index (χ3v) is 6.25. The summed E-state index contributed by atoms with van der Waals surface area (Å²) in [5.74, 6) is 0.335. The maximum absolute atomic E-state index is 11.9. The second kappa shape index (κ2) is 4.64. The van der Waals surface area contributed by atoms with Gasteiger partial charge >= 0.3 is 0 Å². The van der Waals surface area contributed by atoms with E-state index in [4.69, 9.17) is 0 Å². The molecule has 1 aromatic heterocycles. The number of fused-ring (bicyclic) bond motifs is 1. The van der Waals surface area contributed by atoms with E-state index in [2.05, 4.69) is 9.97 Å². The van der Waals surface area contributed by atoms with Crippen LogP contribution < -0.4 is 5.56 Å². The zero-order chi connectivity index (χ0) is 13.5. The number of benzene rings is 1. The molecule has 0 aliphatic carbocycles. The third-order valence-electron chi connectivity index (χ3n) is 3.04. The Balaban J connectivity index is 1.93. The number of rotatable bonds is 2. The van der Waals surface area contributed by atoms with E-state index in [-0.39, 0.29) is 22.3 Å². The number of nitrogens with one attached hydrogen (secondary N) is 1. The summed E-state index contributed by atoms with van der Waals surface area (Å²) in [6.07, 6.45) is 0.584. The van der Waals surface area contributed by atoms with Crippen molar-refractivity contribution in [2.45, 2.75) is 16.7 Å². The predicted molar refractivity (Wildman–Crippen MR) is 75.3 cm³/mol. The maximum Gasteiger partial charge on any atom is 0.280 e. The quantitative estimate of drug-likeness (QED) is 0.901. The van der Waals surface area contributed by atoms with Gasteiger partial charge in [0.25, 0.3) is 5.56 Å². The first kappa shape index (κ1) is 12.7. The van der Waals surface area contributed by atoms with E-state index >= 15 is 0 Å². The van der Waals surface area contributed by atoms with Gasteiger partial charge in [0.15, 0.2) is 14.9 Å². The predicted octanol–water partition coefficient (Wildman–Crippen LogP) is 1.20. The smallest absolute Gasteiger partial charge is 0.280 e. The van der Waals surface area contributed by atoms with Gasteiger partial charge in [-0.15, -0.1) is 0 Å². The van der Waals surface area contributed by atoms with E-state index in [0.29, 0.717) is 22.5 Å². The van der Waals surface area contributed by atoms with Crippen LogP contribution in [-0.4, -0.2) is 35.1 Å². The molecule has 0 radical (unpaired) electrons. The fourth-order valence-corrected chi connectivity index (χ4v) is 5.55. The molecule has 3 rings (SSSR count). The monoisotopic (exact) mass is 296 g/mol. The SMILES string of the molecule is O=c1[nH]c2ccccc2nc1S[C@H]1CCS(=O)(=O)C1. The van der Waals surface area contributed by atoms with Crippen molar-refractivity contribution in [3.63, 3.8) is 0 Å². The Morgan fingerprint density at radius 2 is 2.11 bits per heavy atom. The van der Waals surface area contributed by atoms with Crippen LogP contribution >= 0.6 is 11.8 Å². The van der Waals surface area contributed by atoms with Crippen LogP contribution in [0.1, 0.15) is 6.42 Å². The molecular weight excluding hydrogens is 284 g/mol. The molecule has 2 heterocycles. The summed E-state index contributed by atoms with van der Waals surface area (Å²) in [4.78, 5) is 19.0. The summed E-state index contributed by atoms with van der Waals surface area (Å²) in [5.41, 5.74) is 1.15. The number of para-hydroxylation sites is 2. The molecule has 19 heavy (non-hydrogen) atoms. The Kier molecular flexibility index (Phi) is 3.10. The van der Waals surface area contributed by atoms with Gasteiger partial charge in [0, 0.05) is 5.25 Å². The van der Waals surface area contributed by atoms with Gasteiger partial charge in [0.2, 0.25) is 0 Å². The van der Waals surface area contributed by atoms with E-state index < -0.39 is 9.84 Å². The number of aromatic amines is 1. The summed E-state index contributed by atoms with van der Waals surface area (Å²) in [6.45, 7) is 0. The van der Waals surface area contributed by atoms with Gasteiger partial charge in [0.05, 0.1) is 22.5 Å². The minimum absolute atomic E-state index is 0.0697. The zero-order valence-corrected chi connectivity index (χ0v) is 11.6. The molecule has 2 aromatic rings. The first-order valence-electron chi connectivity index (χ1n) is 5.90. The van der Waals surface area contributed by atoms with E-state index in [1.807, 2.05) is 18.2 Å². The van der Waals surface area contributed by atoms with E-state index in [0.717, 1.165) is 0 Å². The Morgan fingerprint density at radius 3 is 2.84 bits per heavy atom. The number of sulfone groups is 1. The molecule has 7 heteroatoms. The largest absolute Gasteiger partial charge is 0.318 e. The first-order chi connectivity index (χ1) is 9.03. The zero-order valence-electron chi connectivity index (χ0n) is 10.00. The molecule has 0 bridgehead atoms. The van der Waals surface area contributed by atoms with Crippen molar-refractivity contribution in [3.05, 3.63) is 34.6 Å². The summed E-state index contributed by atoms with van der Waals surface area (Å²) in [6, 6.07) is 7.29. The van der Waals surface area contributed by atoms with Crippen LogP contribution in [0, 0.1) is 0 Å². The molecule has 0 unspecified atom stereocenters. The molecule has 0 saturated carbocycles. The third kappa shape index (κ3) is 2.66. The minimum atomic E-state index is -2.93. The van der Waals surface area contributed by atoms with Crippen LogP contribution in [0.5, 0.6) is 0 Å². The number of H-pyrrole nitrogens is 1. The van der Waals surface area contributed by atoms with E-state index in [1.165, 1.54) is 11.8 Å². The van der Waals surface area contributed by atoms with Gasteiger partial charge in [-0.25, -0.2) is 13.4 Å². The Labute approximate surface area is 114 Å². The van der Waals surface area contributed by atoms with Crippen LogP contribution in [0.4, 0.5) is 0 Å². The van der Waals surface area contributed by atoms with Crippen molar-refractivity contribution in [2.75, 3.05) is 11.5 Å². The van der Waals surface area contributed by atoms with Crippen LogP contribution in [0.3, 0.4) is 0 Å². The van der Waals surface area contributed by atoms with Crippen molar-refractivity contribution in [1.82, 2.24) is 9.97 Å². The molecule has 1 fully saturated rings. The topological polar surface area (TPSA) is 79.9 Å². The standard InChI is InChI=1S/C12H12N2O3S2/c15-11-12(18-8-5-6-19(16,17)7-8)14-10-4-2-1-3-9(10)13-11/h1-4,8H,5-7H2,(H,13,15)/t8-/m0/s1. The summed E-state index contributed by atoms with van der Waals surface area (Å²) >= 11 is 1.26. The van der Waals surface area contributed by atoms with E-state index in [9.17, 15) is 13.2 Å². The average molecular weight is 296 g/mol. The lowest BCUT2D eigenvalue weighted by Gasteiger charge is -2.06. The molecular formula is C12H12N2O3S2. The Hall–Kier alpha value is -1.34. The molecule has 1 aromatic carbocycles. The number of hydrogen-bond donors (Lipinski definition) is 1. The highest BCUT2D eigenvalue weighted by atomic mass is 32.2. The maximum atomic E-state index is 11.9. The van der Waals surface area contributed by atoms with Gasteiger partial charge in [-0.05, 0) is 18.6 Å². The number of aromatic nitrogens is 2. The number of hydrogen-bond acceptors (Lipinski definition) is 5. The molecule has 100 valence electrons. The van der Waals surface area contributed by atoms with Crippen LogP contribution in [-0.2, 0) is 9.84 Å². The molecule has 5 nitrogen and oxygen atoms in total. The molecule has 1 atom stereocenters. The lowest BCUT2D eigenvalue weighted by molar-refractivity contribution is 0.602. The average Bonchev–Trinajstić information content (AvgIpc) is 2.70. The summed E-state index contributed by atoms with van der Waals surface area (Å²) in [5, 5.41) is 0.278. The van der Waals surface area contributed by atoms with Crippen LogP contribution in [0.25, 0.3) is 11.0 Å². The number of thioether (sulfide) groups is 1. The fourth-order valence-electron chi connectivity index (χ4n) is 2.10. The van der Waals surface area contributed by atoms with Gasteiger partial charge in [-0.3, -0.25) is 4.79 Å². The van der Waals surface area contributed by atoms with Crippen molar-refractivity contribution in [2.24, 2.45) is 0 Å². The van der Waals surface area contributed by atoms with Crippen LogP contribution in [0.2, 0.25) is 0 Å². The summed E-state index contributed by atoms with van der Waals surface area (Å²) < 4.78 is 22.8. The van der Waals surface area contributed by atoms with Gasteiger partial charge < -0.3 is 4.98 Å². The Morgan fingerprint density at radius 1 is 1.32 bits per heavy atom. The lowest BCUT2D eigenvalue weighted by Crippen LogP contribution is -2.14. The molecule has 1 N–H and O–H groups in total. The molecule has 1 aliphatic rings. The second-order valence-corrected chi connectivity index (χ2v) is 8.05. The fraction of sp³-hybridized carbons (Fsp3) is 0.333. The number of nitrogens with zero attached hydrogens (tertiary/aromatic N) is 1. The van der Waals surface area contributed by atoms with Crippen molar-refractivity contribution in [1.29, 1.82) is 0 Å². The van der Waals surface area contributed by atoms with Crippen molar-refractivity contribution >= 4 is 32.6 Å². The van der Waals surface area contributed by atoms with Gasteiger partial charge in [-0.1, -0.05) is 23.9 Å². The molecule has 0 spiro atoms.